The van der Waals surface area contributed by atoms with Gasteiger partial charge in [-0.05, 0) is 50.8 Å². The third-order valence-corrected chi connectivity index (χ3v) is 2.91. The Labute approximate surface area is 127 Å². The SMILES string of the molecule is C=C(C)C(=O)CCc1ccc(CC(=O)OC(C)(C)C)cc1. The fraction of sp³-hybridized carbons (Fsp3) is 0.444. The van der Waals surface area contributed by atoms with Crippen LogP contribution < -0.4 is 0 Å². The molecule has 1 aromatic carbocycles. The molecule has 0 radical (unpaired) electrons. The van der Waals surface area contributed by atoms with E-state index in [0.717, 1.165) is 11.1 Å². The molecular weight excluding hydrogens is 264 g/mol. The lowest BCUT2D eigenvalue weighted by Gasteiger charge is -2.19. The van der Waals surface area contributed by atoms with Crippen LogP contribution in [-0.2, 0) is 27.2 Å². The standard InChI is InChI=1S/C18H24O3/c1-13(2)16(19)11-10-14-6-8-15(9-7-14)12-17(20)21-18(3,4)5/h6-9H,1,10-12H2,2-5H3. The second-order valence-corrected chi connectivity index (χ2v) is 6.28. The predicted octanol–water partition coefficient (Wildman–Crippen LogP) is 3.65. The van der Waals surface area contributed by atoms with Crippen molar-refractivity contribution < 1.29 is 14.3 Å². The molecule has 0 aliphatic rings. The Morgan fingerprint density at radius 1 is 1.10 bits per heavy atom. The Kier molecular flexibility index (Phi) is 5.89. The molecule has 0 fully saturated rings. The van der Waals surface area contributed by atoms with Gasteiger partial charge in [0.2, 0.25) is 0 Å². The van der Waals surface area contributed by atoms with Gasteiger partial charge in [0, 0.05) is 6.42 Å². The molecule has 0 heterocycles. The minimum atomic E-state index is -0.458. The highest BCUT2D eigenvalue weighted by atomic mass is 16.6. The van der Waals surface area contributed by atoms with Crippen LogP contribution in [0.5, 0.6) is 0 Å². The Morgan fingerprint density at radius 2 is 1.62 bits per heavy atom. The minimum absolute atomic E-state index is 0.0906. The number of carbonyl (C=O) groups excluding carboxylic acids is 2. The van der Waals surface area contributed by atoms with E-state index in [9.17, 15) is 9.59 Å². The first-order chi connectivity index (χ1) is 9.67. The number of benzene rings is 1. The normalized spacial score (nSPS) is 11.0. The summed E-state index contributed by atoms with van der Waals surface area (Å²) >= 11 is 0. The molecule has 0 saturated carbocycles. The average Bonchev–Trinajstić information content (AvgIpc) is 2.35. The maximum Gasteiger partial charge on any atom is 0.310 e. The van der Waals surface area contributed by atoms with E-state index in [0.29, 0.717) is 18.4 Å². The zero-order chi connectivity index (χ0) is 16.0. The monoisotopic (exact) mass is 288 g/mol. The van der Waals surface area contributed by atoms with Gasteiger partial charge in [-0.25, -0.2) is 0 Å². The molecule has 0 aromatic heterocycles. The average molecular weight is 288 g/mol. The van der Waals surface area contributed by atoms with E-state index in [4.69, 9.17) is 4.74 Å². The fourth-order valence-electron chi connectivity index (χ4n) is 1.84. The molecule has 0 atom stereocenters. The highest BCUT2D eigenvalue weighted by Crippen LogP contribution is 2.12. The van der Waals surface area contributed by atoms with E-state index in [2.05, 4.69) is 6.58 Å². The van der Waals surface area contributed by atoms with Crippen molar-refractivity contribution in [2.45, 2.75) is 52.6 Å². The molecule has 0 aliphatic heterocycles. The number of esters is 1. The molecule has 0 amide bonds. The minimum Gasteiger partial charge on any atom is -0.460 e. The van der Waals surface area contributed by atoms with E-state index in [1.165, 1.54) is 0 Å². The third-order valence-electron chi connectivity index (χ3n) is 2.91. The lowest BCUT2D eigenvalue weighted by atomic mass is 10.0. The summed E-state index contributed by atoms with van der Waals surface area (Å²) in [5, 5.41) is 0. The molecular formula is C18H24O3. The zero-order valence-electron chi connectivity index (χ0n) is 13.4. The van der Waals surface area contributed by atoms with Crippen LogP contribution in [0.25, 0.3) is 0 Å². The number of ether oxygens (including phenoxy) is 1. The largest absolute Gasteiger partial charge is 0.460 e. The van der Waals surface area contributed by atoms with Gasteiger partial charge >= 0.3 is 5.97 Å². The van der Waals surface area contributed by atoms with Crippen molar-refractivity contribution in [1.82, 2.24) is 0 Å². The second kappa shape index (κ2) is 7.21. The van der Waals surface area contributed by atoms with Crippen molar-refractivity contribution >= 4 is 11.8 Å². The Hall–Kier alpha value is -1.90. The molecule has 3 heteroatoms. The molecule has 0 unspecified atom stereocenters. The second-order valence-electron chi connectivity index (χ2n) is 6.28. The van der Waals surface area contributed by atoms with Crippen molar-refractivity contribution in [1.29, 1.82) is 0 Å². The summed E-state index contributed by atoms with van der Waals surface area (Å²) in [6.45, 7) is 10.9. The summed E-state index contributed by atoms with van der Waals surface area (Å²) in [6, 6.07) is 7.71. The lowest BCUT2D eigenvalue weighted by molar-refractivity contribution is -0.153. The van der Waals surface area contributed by atoms with Crippen LogP contribution in [0, 0.1) is 0 Å². The smallest absolute Gasteiger partial charge is 0.310 e. The number of ketones is 1. The van der Waals surface area contributed by atoms with Crippen molar-refractivity contribution in [3.8, 4) is 0 Å². The van der Waals surface area contributed by atoms with E-state index in [-0.39, 0.29) is 18.2 Å². The first-order valence-corrected chi connectivity index (χ1v) is 7.16. The van der Waals surface area contributed by atoms with Crippen LogP contribution in [-0.4, -0.2) is 17.4 Å². The molecule has 1 aromatic rings. The molecule has 21 heavy (non-hydrogen) atoms. The summed E-state index contributed by atoms with van der Waals surface area (Å²) in [5.41, 5.74) is 2.13. The maximum absolute atomic E-state index is 11.7. The van der Waals surface area contributed by atoms with Crippen LogP contribution in [0.2, 0.25) is 0 Å². The van der Waals surface area contributed by atoms with Gasteiger partial charge in [0.15, 0.2) is 5.78 Å². The summed E-state index contributed by atoms with van der Waals surface area (Å²) < 4.78 is 5.28. The molecule has 114 valence electrons. The number of carbonyl (C=O) groups is 2. The number of allylic oxidation sites excluding steroid dienone is 1. The number of hydrogen-bond acceptors (Lipinski definition) is 3. The molecule has 0 saturated heterocycles. The molecule has 3 nitrogen and oxygen atoms in total. The van der Waals surface area contributed by atoms with Gasteiger partial charge in [0.1, 0.15) is 5.60 Å². The van der Waals surface area contributed by atoms with Crippen molar-refractivity contribution in [2.24, 2.45) is 0 Å². The number of hydrogen-bond donors (Lipinski definition) is 0. The number of Topliss-reactive ketones (excluding diaryl/α,β-unsaturated/α-hetero) is 1. The highest BCUT2D eigenvalue weighted by molar-refractivity contribution is 5.94. The molecule has 0 aliphatic carbocycles. The molecule has 1 rings (SSSR count). The molecule has 0 bridgehead atoms. The Balaban J connectivity index is 2.52. The predicted molar refractivity (Wildman–Crippen MR) is 84.1 cm³/mol. The zero-order valence-corrected chi connectivity index (χ0v) is 13.4. The van der Waals surface area contributed by atoms with Crippen molar-refractivity contribution in [2.75, 3.05) is 0 Å². The van der Waals surface area contributed by atoms with Crippen LogP contribution in [0.3, 0.4) is 0 Å². The first-order valence-electron chi connectivity index (χ1n) is 7.16. The van der Waals surface area contributed by atoms with Gasteiger partial charge in [0.05, 0.1) is 6.42 Å². The van der Waals surface area contributed by atoms with Crippen LogP contribution in [0.1, 0.15) is 45.2 Å². The van der Waals surface area contributed by atoms with Gasteiger partial charge in [0.25, 0.3) is 0 Å². The maximum atomic E-state index is 11.7. The molecule has 0 spiro atoms. The van der Waals surface area contributed by atoms with Crippen LogP contribution in [0.4, 0.5) is 0 Å². The fourth-order valence-corrected chi connectivity index (χ4v) is 1.84. The van der Waals surface area contributed by atoms with Crippen LogP contribution in [0.15, 0.2) is 36.4 Å². The summed E-state index contributed by atoms with van der Waals surface area (Å²) in [4.78, 5) is 23.2. The quantitative estimate of drug-likeness (QED) is 0.593. The van der Waals surface area contributed by atoms with Gasteiger partial charge in [-0.3, -0.25) is 9.59 Å². The van der Waals surface area contributed by atoms with Gasteiger partial charge in [-0.2, -0.15) is 0 Å². The first kappa shape index (κ1) is 17.2. The van der Waals surface area contributed by atoms with Gasteiger partial charge < -0.3 is 4.74 Å². The van der Waals surface area contributed by atoms with E-state index >= 15 is 0 Å². The van der Waals surface area contributed by atoms with Crippen LogP contribution >= 0.6 is 0 Å². The lowest BCUT2D eigenvalue weighted by Crippen LogP contribution is -2.24. The molecule has 0 N–H and O–H groups in total. The topological polar surface area (TPSA) is 43.4 Å². The Morgan fingerprint density at radius 3 is 2.10 bits per heavy atom. The number of rotatable bonds is 6. The van der Waals surface area contributed by atoms with Gasteiger partial charge in [-0.1, -0.05) is 30.8 Å². The summed E-state index contributed by atoms with van der Waals surface area (Å²) in [7, 11) is 0. The number of aryl methyl sites for hydroxylation is 1. The van der Waals surface area contributed by atoms with E-state index < -0.39 is 5.60 Å². The van der Waals surface area contributed by atoms with Gasteiger partial charge in [-0.15, -0.1) is 0 Å². The Bertz CT molecular complexity index is 518. The van der Waals surface area contributed by atoms with E-state index in [1.54, 1.807) is 6.92 Å². The van der Waals surface area contributed by atoms with Crippen molar-refractivity contribution in [3.63, 3.8) is 0 Å². The highest BCUT2D eigenvalue weighted by Gasteiger charge is 2.16. The van der Waals surface area contributed by atoms with Crippen molar-refractivity contribution in [3.05, 3.63) is 47.5 Å². The summed E-state index contributed by atoms with van der Waals surface area (Å²) in [5.74, 6) is -0.138. The third kappa shape index (κ3) is 6.89. The van der Waals surface area contributed by atoms with E-state index in [1.807, 2.05) is 45.0 Å². The summed E-state index contributed by atoms with van der Waals surface area (Å²) in [6.07, 6.45) is 1.43.